The van der Waals surface area contributed by atoms with Gasteiger partial charge in [0.15, 0.2) is 0 Å². The normalized spacial score (nSPS) is 35.1. The molecule has 2 aromatic heterocycles. The number of hydrogen-bond donors (Lipinski definition) is 0. The molecule has 0 unspecified atom stereocenters. The first-order chi connectivity index (χ1) is 11.2. The van der Waals surface area contributed by atoms with Crippen LogP contribution >= 0.6 is 11.8 Å². The van der Waals surface area contributed by atoms with Gasteiger partial charge in [0, 0.05) is 17.2 Å². The highest BCUT2D eigenvalue weighted by Gasteiger charge is 2.54. The summed E-state index contributed by atoms with van der Waals surface area (Å²) in [6.07, 6.45) is 8.07. The van der Waals surface area contributed by atoms with Gasteiger partial charge in [-0.2, -0.15) is 0 Å². The Kier molecular flexibility index (Phi) is 3.12. The Bertz CT molecular complexity index is 688. The van der Waals surface area contributed by atoms with Gasteiger partial charge >= 0.3 is 0 Å². The third-order valence-electron chi connectivity index (χ3n) is 5.92. The molecule has 0 spiro atoms. The minimum atomic E-state index is 0.186. The second-order valence-electron chi connectivity index (χ2n) is 7.79. The zero-order chi connectivity index (χ0) is 15.4. The Morgan fingerprint density at radius 2 is 1.83 bits per heavy atom. The second-order valence-corrected chi connectivity index (χ2v) is 8.72. The molecule has 4 saturated carbocycles. The van der Waals surface area contributed by atoms with Crippen molar-refractivity contribution in [2.75, 3.05) is 0 Å². The van der Waals surface area contributed by atoms with Crippen molar-refractivity contribution in [2.45, 2.75) is 61.8 Å². The quantitative estimate of drug-likeness (QED) is 0.785. The first-order valence-corrected chi connectivity index (χ1v) is 9.56. The molecule has 6 rings (SSSR count). The van der Waals surface area contributed by atoms with Crippen LogP contribution in [0, 0.1) is 24.7 Å². The maximum Gasteiger partial charge on any atom is 0.276 e. The van der Waals surface area contributed by atoms with E-state index in [4.69, 9.17) is 8.94 Å². The fraction of sp³-hybridized carbons (Fsp3) is 0.706. The van der Waals surface area contributed by atoms with Crippen LogP contribution in [0.25, 0.3) is 0 Å². The minimum Gasteiger partial charge on any atom is -0.415 e. The van der Waals surface area contributed by atoms with Crippen molar-refractivity contribution < 1.29 is 8.94 Å². The highest BCUT2D eigenvalue weighted by Crippen LogP contribution is 2.60. The molecule has 2 heterocycles. The molecule has 0 amide bonds. The summed E-state index contributed by atoms with van der Waals surface area (Å²) in [7, 11) is 0. The van der Waals surface area contributed by atoms with Crippen LogP contribution < -0.4 is 0 Å². The molecule has 5 nitrogen and oxygen atoms in total. The van der Waals surface area contributed by atoms with Gasteiger partial charge in [-0.25, -0.2) is 0 Å². The van der Waals surface area contributed by atoms with Crippen molar-refractivity contribution in [1.82, 2.24) is 15.4 Å². The van der Waals surface area contributed by atoms with Gasteiger partial charge in [-0.05, 0) is 63.2 Å². The number of aromatic nitrogens is 3. The molecule has 4 fully saturated rings. The van der Waals surface area contributed by atoms with Crippen molar-refractivity contribution in [2.24, 2.45) is 17.8 Å². The van der Waals surface area contributed by atoms with Crippen LogP contribution in [-0.4, -0.2) is 15.4 Å². The molecule has 4 bridgehead atoms. The SMILES string of the molecule is Cc1cc(CSc2nnc(C34CC5CC(CC(C5)C3)C4)o2)no1. The zero-order valence-corrected chi connectivity index (χ0v) is 14.1. The van der Waals surface area contributed by atoms with Crippen LogP contribution in [0.3, 0.4) is 0 Å². The molecule has 0 atom stereocenters. The highest BCUT2D eigenvalue weighted by molar-refractivity contribution is 7.98. The van der Waals surface area contributed by atoms with E-state index in [-0.39, 0.29) is 5.41 Å². The van der Waals surface area contributed by atoms with E-state index in [2.05, 4.69) is 15.4 Å². The lowest BCUT2D eigenvalue weighted by atomic mass is 9.49. The van der Waals surface area contributed by atoms with Gasteiger partial charge in [-0.15, -0.1) is 10.2 Å². The molecular weight excluding hydrogens is 310 g/mol. The average molecular weight is 331 g/mol. The van der Waals surface area contributed by atoms with Gasteiger partial charge in [0.05, 0.1) is 5.69 Å². The standard InChI is InChI=1S/C17H21N3O2S/c1-10-2-14(20-22-10)9-23-16-19-18-15(21-16)17-6-11-3-12(7-17)5-13(4-11)8-17/h2,11-13H,3-9H2,1H3. The fourth-order valence-electron chi connectivity index (χ4n) is 5.48. The molecule has 0 aliphatic heterocycles. The van der Waals surface area contributed by atoms with Crippen LogP contribution in [0.5, 0.6) is 0 Å². The van der Waals surface area contributed by atoms with Gasteiger partial charge in [-0.3, -0.25) is 0 Å². The Morgan fingerprint density at radius 1 is 1.13 bits per heavy atom. The van der Waals surface area contributed by atoms with E-state index < -0.39 is 0 Å². The summed E-state index contributed by atoms with van der Waals surface area (Å²) in [4.78, 5) is 0. The molecule has 4 aliphatic rings. The second kappa shape index (κ2) is 5.10. The Labute approximate surface area is 139 Å². The topological polar surface area (TPSA) is 65.0 Å². The number of nitrogens with zero attached hydrogens (tertiary/aromatic N) is 3. The van der Waals surface area contributed by atoms with E-state index >= 15 is 0 Å². The zero-order valence-electron chi connectivity index (χ0n) is 13.3. The van der Waals surface area contributed by atoms with Crippen molar-refractivity contribution in [1.29, 1.82) is 0 Å². The lowest BCUT2D eigenvalue weighted by Crippen LogP contribution is -2.48. The van der Waals surface area contributed by atoms with E-state index in [0.29, 0.717) is 11.0 Å². The third kappa shape index (κ3) is 2.42. The van der Waals surface area contributed by atoms with Gasteiger partial charge in [0.25, 0.3) is 5.22 Å². The van der Waals surface area contributed by atoms with E-state index in [1.54, 1.807) is 11.8 Å². The van der Waals surface area contributed by atoms with Crippen LogP contribution in [0.4, 0.5) is 0 Å². The Morgan fingerprint density at radius 3 is 2.43 bits per heavy atom. The van der Waals surface area contributed by atoms with Crippen LogP contribution in [0.2, 0.25) is 0 Å². The molecule has 6 heteroatoms. The molecule has 4 aliphatic carbocycles. The molecular formula is C17H21N3O2S. The average Bonchev–Trinajstić information content (AvgIpc) is 3.13. The molecule has 0 saturated heterocycles. The van der Waals surface area contributed by atoms with Gasteiger partial charge in [0.1, 0.15) is 5.76 Å². The Hall–Kier alpha value is -1.30. The summed E-state index contributed by atoms with van der Waals surface area (Å²) in [5.41, 5.74) is 1.10. The first kappa shape index (κ1) is 14.1. The van der Waals surface area contributed by atoms with Crippen LogP contribution in [0.15, 0.2) is 20.2 Å². The fourth-order valence-corrected chi connectivity index (χ4v) is 6.12. The van der Waals surface area contributed by atoms with Crippen LogP contribution in [-0.2, 0) is 11.2 Å². The van der Waals surface area contributed by atoms with E-state index in [1.165, 1.54) is 38.5 Å². The number of hydrogen-bond acceptors (Lipinski definition) is 6. The number of thioether (sulfide) groups is 1. The van der Waals surface area contributed by atoms with Crippen molar-refractivity contribution >= 4 is 11.8 Å². The van der Waals surface area contributed by atoms with Gasteiger partial charge < -0.3 is 8.94 Å². The monoisotopic (exact) mass is 331 g/mol. The highest BCUT2D eigenvalue weighted by atomic mass is 32.2. The van der Waals surface area contributed by atoms with Crippen molar-refractivity contribution in [3.63, 3.8) is 0 Å². The lowest BCUT2D eigenvalue weighted by molar-refractivity contribution is -0.0191. The summed E-state index contributed by atoms with van der Waals surface area (Å²) in [5, 5.41) is 13.4. The van der Waals surface area contributed by atoms with Gasteiger partial charge in [0.2, 0.25) is 5.89 Å². The predicted molar refractivity (Wildman–Crippen MR) is 84.9 cm³/mol. The Balaban J connectivity index is 1.33. The first-order valence-electron chi connectivity index (χ1n) is 8.57. The largest absolute Gasteiger partial charge is 0.415 e. The lowest BCUT2D eigenvalue weighted by Gasteiger charge is -2.55. The summed E-state index contributed by atoms with van der Waals surface area (Å²) in [6.45, 7) is 1.90. The third-order valence-corrected chi connectivity index (χ3v) is 6.77. The molecule has 122 valence electrons. The number of rotatable bonds is 4. The number of aryl methyl sites for hydroxylation is 1. The maximum atomic E-state index is 6.08. The summed E-state index contributed by atoms with van der Waals surface area (Å²) in [5.74, 6) is 5.11. The molecule has 0 N–H and O–H groups in total. The van der Waals surface area contributed by atoms with Crippen LogP contribution in [0.1, 0.15) is 55.9 Å². The van der Waals surface area contributed by atoms with Gasteiger partial charge in [-0.1, -0.05) is 16.9 Å². The predicted octanol–water partition coefficient (Wildman–Crippen LogP) is 4.13. The van der Waals surface area contributed by atoms with E-state index in [1.807, 2.05) is 13.0 Å². The molecule has 23 heavy (non-hydrogen) atoms. The summed E-state index contributed by atoms with van der Waals surface area (Å²) >= 11 is 1.55. The molecule has 0 radical (unpaired) electrons. The van der Waals surface area contributed by atoms with E-state index in [0.717, 1.165) is 35.1 Å². The van der Waals surface area contributed by atoms with Crippen molar-refractivity contribution in [3.8, 4) is 0 Å². The summed E-state index contributed by atoms with van der Waals surface area (Å²) in [6, 6.07) is 1.95. The molecule has 0 aromatic carbocycles. The molecule has 2 aromatic rings. The summed E-state index contributed by atoms with van der Waals surface area (Å²) < 4.78 is 11.2. The maximum absolute atomic E-state index is 6.08. The van der Waals surface area contributed by atoms with Crippen molar-refractivity contribution in [3.05, 3.63) is 23.4 Å². The minimum absolute atomic E-state index is 0.186. The smallest absolute Gasteiger partial charge is 0.276 e. The van der Waals surface area contributed by atoms with E-state index in [9.17, 15) is 0 Å².